The van der Waals surface area contributed by atoms with Gasteiger partial charge in [-0.25, -0.2) is 9.97 Å². The van der Waals surface area contributed by atoms with Gasteiger partial charge in [-0.3, -0.25) is 0 Å². The standard InChI is InChI=1S/C14H21N3O2/c1-14(2)8-17(6-10(7-18)19-14)13-11-4-3-5-12(11)15-9-16-13/h9-10,18H,3-8H2,1-2H3. The highest BCUT2D eigenvalue weighted by molar-refractivity contribution is 5.51. The van der Waals surface area contributed by atoms with Crippen LogP contribution in [-0.2, 0) is 17.6 Å². The first-order valence-electron chi connectivity index (χ1n) is 6.95. The molecule has 3 rings (SSSR count). The van der Waals surface area contributed by atoms with Crippen LogP contribution in [0.5, 0.6) is 0 Å². The van der Waals surface area contributed by atoms with Gasteiger partial charge in [-0.15, -0.1) is 0 Å². The monoisotopic (exact) mass is 263 g/mol. The summed E-state index contributed by atoms with van der Waals surface area (Å²) in [7, 11) is 0. The van der Waals surface area contributed by atoms with E-state index in [9.17, 15) is 5.11 Å². The Labute approximate surface area is 113 Å². The van der Waals surface area contributed by atoms with Crippen molar-refractivity contribution in [3.05, 3.63) is 17.6 Å². The van der Waals surface area contributed by atoms with Crippen molar-refractivity contribution in [2.45, 2.75) is 44.8 Å². The van der Waals surface area contributed by atoms with Gasteiger partial charge in [-0.1, -0.05) is 0 Å². The minimum atomic E-state index is -0.262. The molecule has 1 aromatic rings. The van der Waals surface area contributed by atoms with Gasteiger partial charge in [-0.2, -0.15) is 0 Å². The van der Waals surface area contributed by atoms with E-state index >= 15 is 0 Å². The van der Waals surface area contributed by atoms with Gasteiger partial charge in [0.15, 0.2) is 0 Å². The van der Waals surface area contributed by atoms with Crippen molar-refractivity contribution in [3.8, 4) is 0 Å². The molecule has 1 aliphatic carbocycles. The third-order valence-corrected chi connectivity index (χ3v) is 3.84. The normalized spacial score (nSPS) is 25.4. The molecule has 1 aliphatic heterocycles. The molecule has 1 saturated heterocycles. The minimum absolute atomic E-state index is 0.0488. The number of morpholine rings is 1. The van der Waals surface area contributed by atoms with Crippen LogP contribution >= 0.6 is 0 Å². The van der Waals surface area contributed by atoms with E-state index in [0.717, 1.165) is 31.6 Å². The van der Waals surface area contributed by atoms with Gasteiger partial charge in [0.1, 0.15) is 12.1 Å². The highest BCUT2D eigenvalue weighted by atomic mass is 16.5. The summed E-state index contributed by atoms with van der Waals surface area (Å²) < 4.78 is 5.86. The molecule has 1 aromatic heterocycles. The molecule has 104 valence electrons. The molecule has 0 bridgehead atoms. The van der Waals surface area contributed by atoms with E-state index in [1.165, 1.54) is 11.3 Å². The summed E-state index contributed by atoms with van der Waals surface area (Å²) in [4.78, 5) is 11.1. The SMILES string of the molecule is CC1(C)CN(c2ncnc3c2CCC3)CC(CO)O1. The molecule has 0 saturated carbocycles. The third kappa shape index (κ3) is 2.44. The maximum atomic E-state index is 9.40. The second-order valence-electron chi connectivity index (χ2n) is 6.04. The van der Waals surface area contributed by atoms with Crippen molar-refractivity contribution in [1.29, 1.82) is 0 Å². The fraction of sp³-hybridized carbons (Fsp3) is 0.714. The smallest absolute Gasteiger partial charge is 0.135 e. The van der Waals surface area contributed by atoms with Gasteiger partial charge in [-0.05, 0) is 33.1 Å². The summed E-state index contributed by atoms with van der Waals surface area (Å²) in [5.41, 5.74) is 2.22. The number of hydrogen-bond acceptors (Lipinski definition) is 5. The molecular weight excluding hydrogens is 242 g/mol. The van der Waals surface area contributed by atoms with Crippen molar-refractivity contribution in [1.82, 2.24) is 9.97 Å². The minimum Gasteiger partial charge on any atom is -0.394 e. The lowest BCUT2D eigenvalue weighted by atomic mass is 10.0. The Balaban J connectivity index is 1.91. The number of fused-ring (bicyclic) bond motifs is 1. The number of ether oxygens (including phenoxy) is 1. The number of aromatic nitrogens is 2. The predicted molar refractivity (Wildman–Crippen MR) is 72.3 cm³/mol. The molecule has 0 spiro atoms. The zero-order valence-electron chi connectivity index (χ0n) is 11.6. The Morgan fingerprint density at radius 3 is 3.05 bits per heavy atom. The second-order valence-corrected chi connectivity index (χ2v) is 6.04. The Bertz CT molecular complexity index is 476. The molecule has 0 radical (unpaired) electrons. The maximum absolute atomic E-state index is 9.40. The Morgan fingerprint density at radius 1 is 1.42 bits per heavy atom. The number of aliphatic hydroxyl groups excluding tert-OH is 1. The molecule has 1 N–H and O–H groups in total. The second kappa shape index (κ2) is 4.72. The summed E-state index contributed by atoms with van der Waals surface area (Å²) in [5, 5.41) is 9.40. The molecule has 1 unspecified atom stereocenters. The van der Waals surface area contributed by atoms with E-state index in [1.54, 1.807) is 6.33 Å². The van der Waals surface area contributed by atoms with Crippen LogP contribution in [0.15, 0.2) is 6.33 Å². The lowest BCUT2D eigenvalue weighted by Gasteiger charge is -2.43. The van der Waals surface area contributed by atoms with Gasteiger partial charge in [0, 0.05) is 24.3 Å². The summed E-state index contributed by atoms with van der Waals surface area (Å²) in [5.74, 6) is 1.04. The van der Waals surface area contributed by atoms with Crippen LogP contribution in [0.1, 0.15) is 31.5 Å². The molecule has 0 aromatic carbocycles. The first-order valence-corrected chi connectivity index (χ1v) is 6.95. The average Bonchev–Trinajstić information content (AvgIpc) is 2.84. The number of anilines is 1. The molecule has 19 heavy (non-hydrogen) atoms. The van der Waals surface area contributed by atoms with E-state index in [1.807, 2.05) is 0 Å². The summed E-state index contributed by atoms with van der Waals surface area (Å²) in [6.07, 6.45) is 4.80. The highest BCUT2D eigenvalue weighted by Gasteiger charge is 2.35. The predicted octanol–water partition coefficient (Wildman–Crippen LogP) is 0.941. The van der Waals surface area contributed by atoms with Crippen molar-refractivity contribution < 1.29 is 9.84 Å². The van der Waals surface area contributed by atoms with Crippen LogP contribution in [-0.4, -0.2) is 46.5 Å². The van der Waals surface area contributed by atoms with Crippen molar-refractivity contribution >= 4 is 5.82 Å². The topological polar surface area (TPSA) is 58.5 Å². The van der Waals surface area contributed by atoms with Crippen LogP contribution in [0, 0.1) is 0 Å². The van der Waals surface area contributed by atoms with Crippen LogP contribution in [0.3, 0.4) is 0 Å². The molecule has 5 nitrogen and oxygen atoms in total. The van der Waals surface area contributed by atoms with Crippen LogP contribution in [0.25, 0.3) is 0 Å². The zero-order valence-corrected chi connectivity index (χ0v) is 11.6. The van der Waals surface area contributed by atoms with E-state index in [2.05, 4.69) is 28.7 Å². The first kappa shape index (κ1) is 12.8. The summed E-state index contributed by atoms with van der Waals surface area (Å²) in [6.45, 7) is 5.66. The Kier molecular flexibility index (Phi) is 3.19. The van der Waals surface area contributed by atoms with E-state index < -0.39 is 0 Å². The molecule has 2 aliphatic rings. The maximum Gasteiger partial charge on any atom is 0.135 e. The third-order valence-electron chi connectivity index (χ3n) is 3.84. The van der Waals surface area contributed by atoms with Gasteiger partial charge in [0.25, 0.3) is 0 Å². The lowest BCUT2D eigenvalue weighted by Crippen LogP contribution is -2.54. The average molecular weight is 263 g/mol. The molecule has 0 amide bonds. The summed E-state index contributed by atoms with van der Waals surface area (Å²) >= 11 is 0. The Morgan fingerprint density at radius 2 is 2.26 bits per heavy atom. The van der Waals surface area contributed by atoms with Gasteiger partial charge >= 0.3 is 0 Å². The lowest BCUT2D eigenvalue weighted by molar-refractivity contribution is -0.101. The first-order chi connectivity index (χ1) is 9.09. The van der Waals surface area contributed by atoms with Crippen molar-refractivity contribution in [2.75, 3.05) is 24.6 Å². The molecule has 1 atom stereocenters. The molecular formula is C14H21N3O2. The summed E-state index contributed by atoms with van der Waals surface area (Å²) in [6, 6.07) is 0. The van der Waals surface area contributed by atoms with E-state index in [4.69, 9.17) is 4.74 Å². The number of hydrogen-bond donors (Lipinski definition) is 1. The number of aryl methyl sites for hydroxylation is 1. The highest BCUT2D eigenvalue weighted by Crippen LogP contribution is 2.31. The van der Waals surface area contributed by atoms with Gasteiger partial charge in [0.05, 0.1) is 18.3 Å². The van der Waals surface area contributed by atoms with Crippen molar-refractivity contribution in [2.24, 2.45) is 0 Å². The van der Waals surface area contributed by atoms with Gasteiger partial charge in [0.2, 0.25) is 0 Å². The fourth-order valence-corrected chi connectivity index (χ4v) is 3.17. The van der Waals surface area contributed by atoms with Crippen LogP contribution < -0.4 is 4.90 Å². The van der Waals surface area contributed by atoms with Crippen LogP contribution in [0.4, 0.5) is 5.82 Å². The number of aliphatic hydroxyl groups is 1. The van der Waals surface area contributed by atoms with Gasteiger partial charge < -0.3 is 14.7 Å². The quantitative estimate of drug-likeness (QED) is 0.860. The Hall–Kier alpha value is -1.20. The zero-order chi connectivity index (χ0) is 13.5. The molecule has 2 heterocycles. The molecule has 1 fully saturated rings. The largest absolute Gasteiger partial charge is 0.394 e. The number of nitrogens with zero attached hydrogens (tertiary/aromatic N) is 3. The van der Waals surface area contributed by atoms with E-state index in [-0.39, 0.29) is 18.3 Å². The van der Waals surface area contributed by atoms with Crippen LogP contribution in [0.2, 0.25) is 0 Å². The van der Waals surface area contributed by atoms with E-state index in [0.29, 0.717) is 6.54 Å². The fourth-order valence-electron chi connectivity index (χ4n) is 3.17. The number of rotatable bonds is 2. The molecule has 5 heteroatoms. The van der Waals surface area contributed by atoms with Crippen molar-refractivity contribution in [3.63, 3.8) is 0 Å².